The van der Waals surface area contributed by atoms with Crippen LogP contribution in [0, 0.1) is 5.92 Å². The lowest BCUT2D eigenvalue weighted by Gasteiger charge is -2.35. The summed E-state index contributed by atoms with van der Waals surface area (Å²) in [7, 11) is 1.42. The second-order valence-electron chi connectivity index (χ2n) is 9.39. The number of hydrogen-bond acceptors (Lipinski definition) is 5. The van der Waals surface area contributed by atoms with Crippen molar-refractivity contribution in [2.75, 3.05) is 33.3 Å². The van der Waals surface area contributed by atoms with Gasteiger partial charge in [-0.3, -0.25) is 9.69 Å². The molecular formula is C24H34N3O5+. The predicted molar refractivity (Wildman–Crippen MR) is 120 cm³/mol. The number of nitrogens with one attached hydrogen (secondary N) is 1. The zero-order chi connectivity index (χ0) is 22.7. The number of amides is 2. The first-order valence-corrected chi connectivity index (χ1v) is 11.7. The third kappa shape index (κ3) is 4.52. The number of nitrogens with zero attached hydrogens (tertiary/aromatic N) is 2. The van der Waals surface area contributed by atoms with Gasteiger partial charge in [0, 0.05) is 31.1 Å². The van der Waals surface area contributed by atoms with Crippen LogP contribution in [0.4, 0.5) is 10.5 Å². The highest BCUT2D eigenvalue weighted by Gasteiger charge is 2.52. The van der Waals surface area contributed by atoms with Gasteiger partial charge in [-0.15, -0.1) is 0 Å². The molecule has 2 N–H and O–H groups in total. The summed E-state index contributed by atoms with van der Waals surface area (Å²) < 4.78 is 4.62. The van der Waals surface area contributed by atoms with Crippen LogP contribution in [0.5, 0.6) is 0 Å². The van der Waals surface area contributed by atoms with Crippen LogP contribution >= 0.6 is 0 Å². The minimum atomic E-state index is -0.953. The van der Waals surface area contributed by atoms with Crippen molar-refractivity contribution in [1.82, 2.24) is 14.7 Å². The second kappa shape index (κ2) is 9.58. The van der Waals surface area contributed by atoms with E-state index in [1.54, 1.807) is 0 Å². The lowest BCUT2D eigenvalue weighted by atomic mass is 9.83. The van der Waals surface area contributed by atoms with Gasteiger partial charge in [0.15, 0.2) is 6.54 Å². The van der Waals surface area contributed by atoms with E-state index in [9.17, 15) is 19.5 Å². The Labute approximate surface area is 189 Å². The molecule has 1 aromatic carbocycles. The van der Waals surface area contributed by atoms with Crippen molar-refractivity contribution in [3.8, 4) is 0 Å². The molecular weight excluding hydrogens is 410 g/mol. The van der Waals surface area contributed by atoms with Crippen molar-refractivity contribution in [3.63, 3.8) is 0 Å². The first kappa shape index (κ1) is 22.7. The number of ether oxygens (including phenoxy) is 1. The molecule has 0 radical (unpaired) electrons. The highest BCUT2D eigenvalue weighted by atomic mass is 16.5. The van der Waals surface area contributed by atoms with Crippen LogP contribution in [0.15, 0.2) is 18.2 Å². The van der Waals surface area contributed by atoms with Gasteiger partial charge in [0.05, 0.1) is 13.7 Å². The quantitative estimate of drug-likeness (QED) is 0.496. The largest absolute Gasteiger partial charge is 0.477 e. The number of methoxy groups -OCH3 is 1. The molecule has 2 fully saturated rings. The van der Waals surface area contributed by atoms with Gasteiger partial charge < -0.3 is 15.2 Å². The monoisotopic (exact) mass is 444 g/mol. The molecule has 8 heteroatoms. The number of carbonyl (C=O) groups excluding carboxylic acids is 2. The van der Waals surface area contributed by atoms with Gasteiger partial charge in [-0.25, -0.2) is 9.59 Å². The van der Waals surface area contributed by atoms with E-state index in [0.29, 0.717) is 25.4 Å². The van der Waals surface area contributed by atoms with E-state index in [4.69, 9.17) is 4.74 Å². The van der Waals surface area contributed by atoms with Crippen LogP contribution in [-0.2, 0) is 27.3 Å². The second-order valence-corrected chi connectivity index (χ2v) is 9.39. The summed E-state index contributed by atoms with van der Waals surface area (Å²) in [6.07, 6.45) is 5.94. The number of hydrogen-bond donors (Lipinski definition) is 2. The molecule has 32 heavy (non-hydrogen) atoms. The number of benzene rings is 1. The summed E-state index contributed by atoms with van der Waals surface area (Å²) in [5.74, 6) is -0.639. The summed E-state index contributed by atoms with van der Waals surface area (Å²) in [5, 5.41) is 13.0. The minimum Gasteiger partial charge on any atom is -0.477 e. The molecule has 1 unspecified atom stereocenters. The van der Waals surface area contributed by atoms with Crippen molar-refractivity contribution in [1.29, 1.82) is 0 Å². The number of carbonyl (C=O) groups is 3. The van der Waals surface area contributed by atoms with Gasteiger partial charge in [-0.05, 0) is 62.1 Å². The molecule has 0 spiro atoms. The Kier molecular flexibility index (Phi) is 6.81. The molecule has 3 aliphatic rings. The Morgan fingerprint density at radius 1 is 1.22 bits per heavy atom. The van der Waals surface area contributed by atoms with Crippen molar-refractivity contribution in [2.45, 2.75) is 57.5 Å². The Bertz CT molecular complexity index is 880. The zero-order valence-corrected chi connectivity index (χ0v) is 18.8. The van der Waals surface area contributed by atoms with E-state index in [1.165, 1.54) is 18.2 Å². The standard InChI is InChI=1S/C24H33N3O5/c1-32-23(30)9-4-17-2-6-20(7-3-17)26-12-13-27(24(26)31,16-22(28)29)21-8-5-19-15-25-11-10-18(19)14-21/h5,8,14,17,20,25H,2-4,6-7,9-13,15-16H2,1H3/p+1. The van der Waals surface area contributed by atoms with Gasteiger partial charge in [0.25, 0.3) is 0 Å². The molecule has 1 atom stereocenters. The van der Waals surface area contributed by atoms with E-state index >= 15 is 0 Å². The summed E-state index contributed by atoms with van der Waals surface area (Å²) in [5.41, 5.74) is 3.23. The SMILES string of the molecule is COC(=O)CCC1CCC(N2CC[N+](CC(=O)O)(c3ccc4c(c3)CCNC4)C2=O)CC1. The lowest BCUT2D eigenvalue weighted by Crippen LogP contribution is -2.56. The maximum absolute atomic E-state index is 13.7. The summed E-state index contributed by atoms with van der Waals surface area (Å²) in [6.45, 7) is 2.57. The highest BCUT2D eigenvalue weighted by Crippen LogP contribution is 2.37. The molecule has 4 rings (SSSR count). The number of aliphatic carboxylic acids is 1. The van der Waals surface area contributed by atoms with E-state index in [1.807, 2.05) is 17.0 Å². The molecule has 0 bridgehead atoms. The van der Waals surface area contributed by atoms with Gasteiger partial charge in [-0.2, -0.15) is 4.48 Å². The Hall–Kier alpha value is -2.45. The van der Waals surface area contributed by atoms with E-state index in [-0.39, 0.29) is 29.1 Å². The van der Waals surface area contributed by atoms with Gasteiger partial charge in [0.2, 0.25) is 0 Å². The minimum absolute atomic E-state index is 0.0840. The fourth-order valence-corrected chi connectivity index (χ4v) is 5.66. The molecule has 2 heterocycles. The molecule has 1 saturated carbocycles. The zero-order valence-electron chi connectivity index (χ0n) is 18.8. The Morgan fingerprint density at radius 2 is 2.00 bits per heavy atom. The number of esters is 1. The summed E-state index contributed by atoms with van der Waals surface area (Å²) in [4.78, 5) is 38.9. The Balaban J connectivity index is 1.48. The molecule has 2 amide bonds. The number of carboxylic acids is 1. The maximum atomic E-state index is 13.7. The lowest BCUT2D eigenvalue weighted by molar-refractivity contribution is -0.141. The van der Waals surface area contributed by atoms with Gasteiger partial charge in [-0.1, -0.05) is 6.07 Å². The number of quaternary nitrogens is 1. The highest BCUT2D eigenvalue weighted by molar-refractivity contribution is 5.93. The van der Waals surface area contributed by atoms with Gasteiger partial charge >= 0.3 is 18.0 Å². The molecule has 174 valence electrons. The van der Waals surface area contributed by atoms with E-state index in [0.717, 1.165) is 57.3 Å². The third-order valence-electron chi connectivity index (χ3n) is 7.55. The van der Waals surface area contributed by atoms with Crippen LogP contribution < -0.4 is 9.80 Å². The van der Waals surface area contributed by atoms with Crippen LogP contribution in [0.25, 0.3) is 0 Å². The summed E-state index contributed by atoms with van der Waals surface area (Å²) in [6, 6.07) is 6.11. The van der Waals surface area contributed by atoms with Crippen LogP contribution in [0.1, 0.15) is 49.7 Å². The smallest absolute Gasteiger partial charge is 0.425 e. The normalized spacial score (nSPS) is 27.8. The van der Waals surface area contributed by atoms with Crippen molar-refractivity contribution < 1.29 is 24.2 Å². The fourth-order valence-electron chi connectivity index (χ4n) is 5.66. The topological polar surface area (TPSA) is 95.9 Å². The van der Waals surface area contributed by atoms with Crippen molar-refractivity contribution >= 4 is 23.7 Å². The van der Waals surface area contributed by atoms with Crippen LogP contribution in [-0.4, -0.2) is 67.3 Å². The fraction of sp³-hybridized carbons (Fsp3) is 0.625. The van der Waals surface area contributed by atoms with Gasteiger partial charge in [0.1, 0.15) is 12.2 Å². The van der Waals surface area contributed by atoms with Crippen LogP contribution in [0.2, 0.25) is 0 Å². The van der Waals surface area contributed by atoms with E-state index in [2.05, 4.69) is 11.4 Å². The molecule has 1 aliphatic carbocycles. The van der Waals surface area contributed by atoms with Crippen LogP contribution in [0.3, 0.4) is 0 Å². The third-order valence-corrected chi connectivity index (χ3v) is 7.55. The maximum Gasteiger partial charge on any atom is 0.425 e. The predicted octanol–water partition coefficient (Wildman–Crippen LogP) is 2.67. The molecule has 1 saturated heterocycles. The first-order chi connectivity index (χ1) is 15.4. The molecule has 0 aromatic heterocycles. The average molecular weight is 445 g/mol. The van der Waals surface area contributed by atoms with E-state index < -0.39 is 5.97 Å². The number of fused-ring (bicyclic) bond motifs is 1. The van der Waals surface area contributed by atoms with Crippen molar-refractivity contribution in [3.05, 3.63) is 29.3 Å². The number of rotatable bonds is 7. The van der Waals surface area contributed by atoms with Crippen molar-refractivity contribution in [2.24, 2.45) is 5.92 Å². The number of carboxylic acid groups (broad SMARTS) is 1. The Morgan fingerprint density at radius 3 is 2.72 bits per heavy atom. The summed E-state index contributed by atoms with van der Waals surface area (Å²) >= 11 is 0. The first-order valence-electron chi connectivity index (χ1n) is 11.7. The average Bonchev–Trinajstić information content (AvgIpc) is 3.13. The molecule has 8 nitrogen and oxygen atoms in total. The molecule has 1 aromatic rings. The molecule has 2 aliphatic heterocycles. The number of urea groups is 1.